The van der Waals surface area contributed by atoms with Crippen molar-refractivity contribution < 1.29 is 25.8 Å². The number of hydrogen-bond donors (Lipinski definition) is 0. The minimum absolute atomic E-state index is 0.526. The van der Waals surface area contributed by atoms with Crippen molar-refractivity contribution in [3.8, 4) is 0 Å². The van der Waals surface area contributed by atoms with Gasteiger partial charge < -0.3 is 4.18 Å². The van der Waals surface area contributed by atoms with Crippen LogP contribution in [0.15, 0.2) is 12.3 Å². The summed E-state index contributed by atoms with van der Waals surface area (Å²) in [6.07, 6.45) is 0. The van der Waals surface area contributed by atoms with E-state index >= 15 is 0 Å². The fourth-order valence-electron chi connectivity index (χ4n) is 0.235. The summed E-state index contributed by atoms with van der Waals surface area (Å²) in [5.74, 6) is -0.526. The van der Waals surface area contributed by atoms with Crippen LogP contribution in [0.25, 0.3) is 0 Å². The molecule has 0 unspecified atom stereocenters. The topological polar surface area (TPSA) is 43.4 Å². The second-order valence-corrected chi connectivity index (χ2v) is 3.22. The Morgan fingerprint density at radius 1 is 1.45 bits per heavy atom. The maximum Gasteiger partial charge on any atom is 0.534 e. The first-order chi connectivity index (χ1) is 4.67. The van der Waals surface area contributed by atoms with Crippen LogP contribution in [0.4, 0.5) is 13.2 Å². The number of rotatable bonds is 2. The molecule has 0 spiro atoms. The molecule has 0 aliphatic heterocycles. The first kappa shape index (κ1) is 10.3. The molecule has 7 heteroatoms. The molecule has 0 bridgehead atoms. The fourth-order valence-corrected chi connectivity index (χ4v) is 0.704. The third kappa shape index (κ3) is 2.79. The zero-order valence-corrected chi connectivity index (χ0v) is 6.29. The van der Waals surface area contributed by atoms with Crippen LogP contribution in [-0.2, 0) is 14.3 Å². The summed E-state index contributed by atoms with van der Waals surface area (Å²) >= 11 is 0. The van der Waals surface area contributed by atoms with Crippen molar-refractivity contribution in [1.82, 2.24) is 0 Å². The maximum absolute atomic E-state index is 11.4. The van der Waals surface area contributed by atoms with E-state index in [0.29, 0.717) is 0 Å². The van der Waals surface area contributed by atoms with E-state index < -0.39 is 21.4 Å². The molecule has 0 aliphatic carbocycles. The zero-order valence-electron chi connectivity index (χ0n) is 5.47. The molecule has 11 heavy (non-hydrogen) atoms. The van der Waals surface area contributed by atoms with Crippen LogP contribution in [0.3, 0.4) is 0 Å². The van der Waals surface area contributed by atoms with Crippen LogP contribution in [0.2, 0.25) is 0 Å². The van der Waals surface area contributed by atoms with Gasteiger partial charge in [0.15, 0.2) is 0 Å². The number of alkyl halides is 3. The van der Waals surface area contributed by atoms with Gasteiger partial charge in [0, 0.05) is 0 Å². The lowest BCUT2D eigenvalue weighted by atomic mass is 10.7. The van der Waals surface area contributed by atoms with Gasteiger partial charge in [-0.2, -0.15) is 21.6 Å². The van der Waals surface area contributed by atoms with Crippen LogP contribution in [0, 0.1) is 0 Å². The lowest BCUT2D eigenvalue weighted by molar-refractivity contribution is -0.0521. The average Bonchev–Trinajstić information content (AvgIpc) is 1.56. The summed E-state index contributed by atoms with van der Waals surface area (Å²) in [6.45, 7) is 3.86. The van der Waals surface area contributed by atoms with Crippen molar-refractivity contribution >= 4 is 10.1 Å². The van der Waals surface area contributed by atoms with Crippen molar-refractivity contribution in [3.63, 3.8) is 0 Å². The SMILES string of the molecule is C=C(C)OS(=O)(=O)C(F)(F)F. The molecule has 0 aromatic rings. The van der Waals surface area contributed by atoms with Crippen LogP contribution < -0.4 is 0 Å². The highest BCUT2D eigenvalue weighted by Crippen LogP contribution is 2.25. The Labute approximate surface area is 61.6 Å². The van der Waals surface area contributed by atoms with Gasteiger partial charge in [-0.05, 0) is 6.92 Å². The van der Waals surface area contributed by atoms with E-state index in [-0.39, 0.29) is 0 Å². The molecular formula is C4H5F3O3S. The minimum atomic E-state index is -5.50. The lowest BCUT2D eigenvalue weighted by Gasteiger charge is -2.07. The Balaban J connectivity index is 4.64. The summed E-state index contributed by atoms with van der Waals surface area (Å²) < 4.78 is 57.9. The van der Waals surface area contributed by atoms with E-state index in [2.05, 4.69) is 10.8 Å². The molecule has 0 fully saturated rings. The smallest absolute Gasteiger partial charge is 0.382 e. The van der Waals surface area contributed by atoms with Gasteiger partial charge in [0.05, 0.1) is 0 Å². The van der Waals surface area contributed by atoms with Gasteiger partial charge in [0.2, 0.25) is 0 Å². The van der Waals surface area contributed by atoms with Crippen molar-refractivity contribution in [2.75, 3.05) is 0 Å². The molecule has 0 aliphatic rings. The third-order valence-corrected chi connectivity index (χ3v) is 1.61. The van der Waals surface area contributed by atoms with Crippen molar-refractivity contribution in [2.24, 2.45) is 0 Å². The maximum atomic E-state index is 11.4. The molecule has 0 aromatic carbocycles. The van der Waals surface area contributed by atoms with Crippen LogP contribution in [0.5, 0.6) is 0 Å². The van der Waals surface area contributed by atoms with Crippen LogP contribution >= 0.6 is 0 Å². The summed E-state index contributed by atoms with van der Waals surface area (Å²) in [5, 5.41) is 0. The predicted octanol–water partition coefficient (Wildman–Crippen LogP) is 1.39. The van der Waals surface area contributed by atoms with E-state index in [0.717, 1.165) is 6.92 Å². The average molecular weight is 190 g/mol. The molecule has 0 saturated heterocycles. The Bertz CT molecular complexity index is 250. The molecular weight excluding hydrogens is 185 g/mol. The molecule has 66 valence electrons. The molecule has 0 rings (SSSR count). The molecule has 0 atom stereocenters. The highest BCUT2D eigenvalue weighted by molar-refractivity contribution is 7.87. The Morgan fingerprint density at radius 3 is 1.91 bits per heavy atom. The van der Waals surface area contributed by atoms with Crippen LogP contribution in [-0.4, -0.2) is 13.9 Å². The largest absolute Gasteiger partial charge is 0.534 e. The van der Waals surface area contributed by atoms with Crippen LogP contribution in [0.1, 0.15) is 6.92 Å². The highest BCUT2D eigenvalue weighted by atomic mass is 32.2. The van der Waals surface area contributed by atoms with E-state index in [1.807, 2.05) is 0 Å². The Morgan fingerprint density at radius 2 is 1.82 bits per heavy atom. The second-order valence-electron chi connectivity index (χ2n) is 1.69. The second kappa shape index (κ2) is 2.72. The summed E-state index contributed by atoms with van der Waals surface area (Å²) in [4.78, 5) is 0. The fraction of sp³-hybridized carbons (Fsp3) is 0.500. The van der Waals surface area contributed by atoms with E-state index in [4.69, 9.17) is 0 Å². The minimum Gasteiger partial charge on any atom is -0.382 e. The van der Waals surface area contributed by atoms with Gasteiger partial charge in [-0.15, -0.1) is 0 Å². The van der Waals surface area contributed by atoms with Gasteiger partial charge in [-0.25, -0.2) is 0 Å². The molecule has 0 saturated carbocycles. The van der Waals surface area contributed by atoms with E-state index in [9.17, 15) is 21.6 Å². The van der Waals surface area contributed by atoms with Crippen molar-refractivity contribution in [2.45, 2.75) is 12.4 Å². The van der Waals surface area contributed by atoms with Gasteiger partial charge in [0.1, 0.15) is 5.76 Å². The summed E-state index contributed by atoms with van der Waals surface area (Å²) in [6, 6.07) is 0. The Kier molecular flexibility index (Phi) is 2.55. The molecule has 0 heterocycles. The van der Waals surface area contributed by atoms with Gasteiger partial charge >= 0.3 is 15.6 Å². The zero-order chi connectivity index (χ0) is 9.28. The molecule has 3 nitrogen and oxygen atoms in total. The summed E-state index contributed by atoms with van der Waals surface area (Å²) in [7, 11) is -5.50. The summed E-state index contributed by atoms with van der Waals surface area (Å²) in [5.41, 5.74) is -5.38. The van der Waals surface area contributed by atoms with E-state index in [1.165, 1.54) is 0 Å². The molecule has 0 aromatic heterocycles. The molecule has 0 radical (unpaired) electrons. The van der Waals surface area contributed by atoms with Gasteiger partial charge in [-0.3, -0.25) is 0 Å². The van der Waals surface area contributed by atoms with Crippen molar-refractivity contribution in [1.29, 1.82) is 0 Å². The highest BCUT2D eigenvalue weighted by Gasteiger charge is 2.48. The standard InChI is InChI=1S/C4H5F3O3S/c1-3(2)10-11(8,9)4(5,6)7/h1H2,2H3. The van der Waals surface area contributed by atoms with Gasteiger partial charge in [0.25, 0.3) is 0 Å². The van der Waals surface area contributed by atoms with Crippen molar-refractivity contribution in [3.05, 3.63) is 12.3 Å². The molecule has 0 N–H and O–H groups in total. The number of allylic oxidation sites excluding steroid dienone is 1. The first-order valence-corrected chi connectivity index (χ1v) is 3.74. The van der Waals surface area contributed by atoms with Gasteiger partial charge in [-0.1, -0.05) is 6.58 Å². The third-order valence-electron chi connectivity index (χ3n) is 0.535. The Hall–Kier alpha value is -0.720. The quantitative estimate of drug-likeness (QED) is 0.375. The van der Waals surface area contributed by atoms with E-state index in [1.54, 1.807) is 0 Å². The number of hydrogen-bond acceptors (Lipinski definition) is 3. The molecule has 0 amide bonds. The first-order valence-electron chi connectivity index (χ1n) is 2.33. The monoisotopic (exact) mass is 190 g/mol. The predicted molar refractivity (Wildman–Crippen MR) is 30.9 cm³/mol. The number of halogens is 3. The lowest BCUT2D eigenvalue weighted by Crippen LogP contribution is -2.24. The normalized spacial score (nSPS) is 12.7.